The van der Waals surface area contributed by atoms with Crippen molar-refractivity contribution in [2.24, 2.45) is 14.1 Å². The number of carbonyl (C=O) groups excluding carboxylic acids is 1. The van der Waals surface area contributed by atoms with E-state index in [0.29, 0.717) is 10.8 Å². The zero-order chi connectivity index (χ0) is 20.6. The molecule has 10 heteroatoms. The normalized spacial score (nSPS) is 12.1. The van der Waals surface area contributed by atoms with Crippen LogP contribution in [-0.4, -0.2) is 25.2 Å². The maximum atomic E-state index is 12.8. The van der Waals surface area contributed by atoms with Crippen molar-refractivity contribution in [3.05, 3.63) is 61.9 Å². The molecule has 3 rings (SSSR count). The summed E-state index contributed by atoms with van der Waals surface area (Å²) in [7, 11) is 2.70. The fraction of sp³-hybridized carbons (Fsp3) is 0.222. The molecule has 2 heterocycles. The third-order valence-corrected chi connectivity index (χ3v) is 5.43. The molecule has 0 aliphatic rings. The van der Waals surface area contributed by atoms with Gasteiger partial charge < -0.3 is 10.2 Å². The summed E-state index contributed by atoms with van der Waals surface area (Å²) in [6.45, 7) is 1.61. The standard InChI is InChI=1S/C18H17ClN4O4S/c1-9(14(24)13-15(20)22(2)18(26)23(3)16(13)25)28-17-21-8-12(27-17)10-4-6-11(19)7-5-10/h4-9H,20H2,1-3H3. The Morgan fingerprint density at radius 1 is 1.21 bits per heavy atom. The summed E-state index contributed by atoms with van der Waals surface area (Å²) in [5, 5.41) is 0.170. The molecule has 1 unspecified atom stereocenters. The zero-order valence-electron chi connectivity index (χ0n) is 15.3. The minimum absolute atomic E-state index is 0.167. The number of oxazole rings is 1. The number of hydrogen-bond acceptors (Lipinski definition) is 7. The molecule has 0 bridgehead atoms. The number of carbonyl (C=O) groups is 1. The molecule has 0 aliphatic heterocycles. The van der Waals surface area contributed by atoms with Gasteiger partial charge in [-0.15, -0.1) is 0 Å². The number of hydrogen-bond donors (Lipinski definition) is 1. The van der Waals surface area contributed by atoms with Crippen LogP contribution in [0.4, 0.5) is 5.82 Å². The first-order valence-corrected chi connectivity index (χ1v) is 9.44. The second-order valence-electron chi connectivity index (χ2n) is 6.09. The smallest absolute Gasteiger partial charge is 0.332 e. The maximum Gasteiger partial charge on any atom is 0.332 e. The summed E-state index contributed by atoms with van der Waals surface area (Å²) in [6, 6.07) is 7.05. The summed E-state index contributed by atoms with van der Waals surface area (Å²) in [5.74, 6) is -0.152. The van der Waals surface area contributed by atoms with Gasteiger partial charge in [-0.2, -0.15) is 0 Å². The van der Waals surface area contributed by atoms with Gasteiger partial charge in [0.25, 0.3) is 10.8 Å². The van der Waals surface area contributed by atoms with E-state index >= 15 is 0 Å². The molecule has 0 fully saturated rings. The number of ketones is 1. The number of aromatic nitrogens is 3. The van der Waals surface area contributed by atoms with Gasteiger partial charge in [0, 0.05) is 24.7 Å². The Hall–Kier alpha value is -2.78. The Morgan fingerprint density at radius 2 is 1.86 bits per heavy atom. The first-order valence-electron chi connectivity index (χ1n) is 8.18. The number of nitrogen functional groups attached to an aromatic ring is 1. The van der Waals surface area contributed by atoms with E-state index in [1.807, 2.05) is 0 Å². The largest absolute Gasteiger partial charge is 0.431 e. The second kappa shape index (κ2) is 7.69. The highest BCUT2D eigenvalue weighted by atomic mass is 35.5. The van der Waals surface area contributed by atoms with E-state index in [2.05, 4.69) is 4.98 Å². The van der Waals surface area contributed by atoms with Gasteiger partial charge in [0.2, 0.25) is 0 Å². The van der Waals surface area contributed by atoms with E-state index in [-0.39, 0.29) is 16.6 Å². The Balaban J connectivity index is 1.86. The van der Waals surface area contributed by atoms with Crippen molar-refractivity contribution in [1.29, 1.82) is 0 Å². The topological polar surface area (TPSA) is 113 Å². The van der Waals surface area contributed by atoms with Gasteiger partial charge in [-0.05, 0) is 31.2 Å². The summed E-state index contributed by atoms with van der Waals surface area (Å²) in [6.07, 6.45) is 1.54. The molecular formula is C18H17ClN4O4S. The lowest BCUT2D eigenvalue weighted by Crippen LogP contribution is -2.42. The van der Waals surface area contributed by atoms with Crippen LogP contribution in [0.25, 0.3) is 11.3 Å². The van der Waals surface area contributed by atoms with E-state index in [1.54, 1.807) is 37.4 Å². The Kier molecular flexibility index (Phi) is 5.48. The molecule has 3 aromatic rings. The van der Waals surface area contributed by atoms with Gasteiger partial charge in [-0.25, -0.2) is 9.78 Å². The first kappa shape index (κ1) is 20.0. The van der Waals surface area contributed by atoms with Crippen LogP contribution in [0, 0.1) is 0 Å². The highest BCUT2D eigenvalue weighted by Crippen LogP contribution is 2.30. The molecule has 0 amide bonds. The minimum Gasteiger partial charge on any atom is -0.431 e. The van der Waals surface area contributed by atoms with E-state index in [4.69, 9.17) is 21.8 Å². The average Bonchev–Trinajstić information content (AvgIpc) is 3.13. The van der Waals surface area contributed by atoms with Gasteiger partial charge >= 0.3 is 5.69 Å². The lowest BCUT2D eigenvalue weighted by Gasteiger charge is -2.13. The van der Waals surface area contributed by atoms with Crippen LogP contribution in [-0.2, 0) is 14.1 Å². The fourth-order valence-electron chi connectivity index (χ4n) is 2.56. The predicted molar refractivity (Wildman–Crippen MR) is 108 cm³/mol. The lowest BCUT2D eigenvalue weighted by atomic mass is 10.1. The molecule has 2 aromatic heterocycles. The second-order valence-corrected chi connectivity index (χ2v) is 7.82. The number of nitrogens with two attached hydrogens (primary N) is 1. The van der Waals surface area contributed by atoms with Gasteiger partial charge in [0.05, 0.1) is 11.4 Å². The van der Waals surface area contributed by atoms with Crippen LogP contribution in [0.5, 0.6) is 0 Å². The molecule has 2 N–H and O–H groups in total. The van der Waals surface area contributed by atoms with E-state index in [9.17, 15) is 14.4 Å². The highest BCUT2D eigenvalue weighted by Gasteiger charge is 2.26. The van der Waals surface area contributed by atoms with Crippen LogP contribution >= 0.6 is 23.4 Å². The summed E-state index contributed by atoms with van der Waals surface area (Å²) in [5.41, 5.74) is 5.08. The SMILES string of the molecule is CC(Sc1ncc(-c2ccc(Cl)cc2)o1)C(=O)c1c(N)n(C)c(=O)n(C)c1=O. The Labute approximate surface area is 168 Å². The quantitative estimate of drug-likeness (QED) is 0.497. The van der Waals surface area contributed by atoms with Crippen LogP contribution in [0.1, 0.15) is 17.3 Å². The van der Waals surface area contributed by atoms with Crippen molar-refractivity contribution >= 4 is 35.0 Å². The predicted octanol–water partition coefficient (Wildman–Crippen LogP) is 2.34. The number of rotatable bonds is 5. The van der Waals surface area contributed by atoms with Crippen LogP contribution < -0.4 is 17.0 Å². The van der Waals surface area contributed by atoms with Crippen molar-refractivity contribution in [3.8, 4) is 11.3 Å². The highest BCUT2D eigenvalue weighted by molar-refractivity contribution is 8.00. The third-order valence-electron chi connectivity index (χ3n) is 4.22. The molecule has 0 spiro atoms. The molecule has 8 nitrogen and oxygen atoms in total. The summed E-state index contributed by atoms with van der Waals surface area (Å²) >= 11 is 6.93. The summed E-state index contributed by atoms with van der Waals surface area (Å²) in [4.78, 5) is 41.2. The molecule has 0 aliphatic carbocycles. The van der Waals surface area contributed by atoms with Crippen LogP contribution in [0.3, 0.4) is 0 Å². The number of Topliss-reactive ketones (excluding diaryl/α,β-unsaturated/α-hetero) is 1. The molecule has 146 valence electrons. The molecule has 1 aromatic carbocycles. The number of anilines is 1. The zero-order valence-corrected chi connectivity index (χ0v) is 16.9. The molecule has 1 atom stereocenters. The molecule has 0 saturated heterocycles. The molecule has 28 heavy (non-hydrogen) atoms. The van der Waals surface area contributed by atoms with E-state index < -0.39 is 22.3 Å². The van der Waals surface area contributed by atoms with Crippen LogP contribution in [0.15, 0.2) is 49.7 Å². The van der Waals surface area contributed by atoms with Gasteiger partial charge in [0.1, 0.15) is 11.4 Å². The number of benzene rings is 1. The van der Waals surface area contributed by atoms with Crippen molar-refractivity contribution in [2.45, 2.75) is 17.4 Å². The third kappa shape index (κ3) is 3.63. The van der Waals surface area contributed by atoms with Gasteiger partial charge in [-0.3, -0.25) is 18.7 Å². The van der Waals surface area contributed by atoms with E-state index in [1.165, 1.54) is 14.1 Å². The Bertz CT molecular complexity index is 1160. The van der Waals surface area contributed by atoms with Crippen molar-refractivity contribution in [3.63, 3.8) is 0 Å². The van der Waals surface area contributed by atoms with E-state index in [0.717, 1.165) is 26.5 Å². The average molecular weight is 421 g/mol. The van der Waals surface area contributed by atoms with Crippen molar-refractivity contribution in [1.82, 2.24) is 14.1 Å². The van der Waals surface area contributed by atoms with Gasteiger partial charge in [-0.1, -0.05) is 23.4 Å². The molecule has 0 radical (unpaired) electrons. The number of nitrogens with zero attached hydrogens (tertiary/aromatic N) is 3. The monoisotopic (exact) mass is 420 g/mol. The Morgan fingerprint density at radius 3 is 2.50 bits per heavy atom. The minimum atomic E-state index is -0.729. The molecular weight excluding hydrogens is 404 g/mol. The lowest BCUT2D eigenvalue weighted by molar-refractivity contribution is 0.0991. The van der Waals surface area contributed by atoms with Crippen molar-refractivity contribution in [2.75, 3.05) is 5.73 Å². The molecule has 0 saturated carbocycles. The first-order chi connectivity index (χ1) is 13.2. The fourth-order valence-corrected chi connectivity index (χ4v) is 3.46. The van der Waals surface area contributed by atoms with Gasteiger partial charge in [0.15, 0.2) is 11.5 Å². The number of halogens is 1. The van der Waals surface area contributed by atoms with Crippen molar-refractivity contribution < 1.29 is 9.21 Å². The van der Waals surface area contributed by atoms with Crippen LogP contribution in [0.2, 0.25) is 5.02 Å². The summed E-state index contributed by atoms with van der Waals surface area (Å²) < 4.78 is 7.60. The maximum absolute atomic E-state index is 12.8. The number of thioether (sulfide) groups is 1.